The molecule has 0 aromatic heterocycles. The van der Waals surface area contributed by atoms with Crippen LogP contribution in [0.25, 0.3) is 0 Å². The Morgan fingerprint density at radius 2 is 1.04 bits per heavy atom. The molecular weight excluding hydrogens is 373 g/mol. The van der Waals surface area contributed by atoms with Crippen molar-refractivity contribution in [2.75, 3.05) is 0 Å². The van der Waals surface area contributed by atoms with Crippen molar-refractivity contribution in [3.8, 4) is 0 Å². The maximum Gasteiger partial charge on any atom is 0.459 e. The van der Waals surface area contributed by atoms with E-state index in [0.717, 1.165) is 18.8 Å². The number of halogens is 7. The van der Waals surface area contributed by atoms with Crippen LogP contribution in [0, 0.1) is 23.7 Å². The van der Waals surface area contributed by atoms with Crippen LogP contribution in [-0.4, -0.2) is 18.0 Å². The van der Waals surface area contributed by atoms with Gasteiger partial charge >= 0.3 is 18.0 Å². The average Bonchev–Trinajstić information content (AvgIpc) is 2.60. The van der Waals surface area contributed by atoms with E-state index in [9.17, 15) is 30.7 Å². The normalized spacial score (nSPS) is 31.1. The van der Waals surface area contributed by atoms with Crippen LogP contribution in [0.15, 0.2) is 0 Å². The van der Waals surface area contributed by atoms with Gasteiger partial charge in [-0.3, -0.25) is 0 Å². The average molecular weight is 404 g/mol. The Hall–Kier alpha value is -0.490. The fourth-order valence-corrected chi connectivity index (χ4v) is 5.05. The second-order valence-corrected chi connectivity index (χ2v) is 8.67. The molecule has 0 aromatic rings. The highest BCUT2D eigenvalue weighted by Gasteiger charge is 2.72. The first kappa shape index (κ1) is 22.8. The number of hydrogen-bond donors (Lipinski definition) is 0. The van der Waals surface area contributed by atoms with Gasteiger partial charge in [0.1, 0.15) is 0 Å². The van der Waals surface area contributed by atoms with E-state index < -0.39 is 24.4 Å². The molecule has 2 aliphatic rings. The molecule has 0 amide bonds. The van der Waals surface area contributed by atoms with Crippen molar-refractivity contribution in [2.45, 2.75) is 102 Å². The van der Waals surface area contributed by atoms with Crippen molar-refractivity contribution in [2.24, 2.45) is 23.7 Å². The summed E-state index contributed by atoms with van der Waals surface area (Å²) in [5, 5.41) is 0. The molecule has 0 spiro atoms. The zero-order chi connectivity index (χ0) is 20.3. The summed E-state index contributed by atoms with van der Waals surface area (Å²) >= 11 is 0. The lowest BCUT2D eigenvalue weighted by atomic mass is 9.68. The monoisotopic (exact) mass is 404 g/mol. The zero-order valence-corrected chi connectivity index (χ0v) is 15.9. The van der Waals surface area contributed by atoms with Crippen LogP contribution in [0.1, 0.15) is 84.0 Å². The first-order valence-corrected chi connectivity index (χ1v) is 10.3. The van der Waals surface area contributed by atoms with E-state index in [4.69, 9.17) is 0 Å². The van der Waals surface area contributed by atoms with Crippen LogP contribution in [0.5, 0.6) is 0 Å². The van der Waals surface area contributed by atoms with Crippen molar-refractivity contribution in [3.05, 3.63) is 0 Å². The van der Waals surface area contributed by atoms with Crippen LogP contribution in [-0.2, 0) is 0 Å². The molecule has 0 radical (unpaired) electrons. The summed E-state index contributed by atoms with van der Waals surface area (Å²) < 4.78 is 89.4. The standard InChI is InChI=1S/C20H31F7/c1-2-3-14-4-8-16(9-5-14)17-10-6-15(7-11-17)12-13-18(21,22)19(23,24)20(25,26)27/h14-17H,2-13H2,1H3/t14-,15-,16-,17-. The molecule has 0 unspecified atom stereocenters. The summed E-state index contributed by atoms with van der Waals surface area (Å²) in [6, 6.07) is 0. The molecule has 7 heteroatoms. The van der Waals surface area contributed by atoms with Gasteiger partial charge in [-0.15, -0.1) is 0 Å². The van der Waals surface area contributed by atoms with Gasteiger partial charge in [-0.25, -0.2) is 0 Å². The third-order valence-corrected chi connectivity index (χ3v) is 6.83. The molecular formula is C20H31F7. The molecule has 27 heavy (non-hydrogen) atoms. The Morgan fingerprint density at radius 3 is 1.41 bits per heavy atom. The van der Waals surface area contributed by atoms with Crippen LogP contribution in [0.3, 0.4) is 0 Å². The highest BCUT2D eigenvalue weighted by atomic mass is 19.4. The third kappa shape index (κ3) is 5.53. The third-order valence-electron chi connectivity index (χ3n) is 6.83. The van der Waals surface area contributed by atoms with Crippen molar-refractivity contribution in [1.82, 2.24) is 0 Å². The lowest BCUT2D eigenvalue weighted by Gasteiger charge is -2.38. The molecule has 0 nitrogen and oxygen atoms in total. The topological polar surface area (TPSA) is 0 Å². The first-order chi connectivity index (χ1) is 12.5. The van der Waals surface area contributed by atoms with Gasteiger partial charge in [-0.1, -0.05) is 45.4 Å². The van der Waals surface area contributed by atoms with Gasteiger partial charge in [0.2, 0.25) is 0 Å². The quantitative estimate of drug-likeness (QED) is 0.377. The highest BCUT2D eigenvalue weighted by Crippen LogP contribution is 2.50. The molecule has 160 valence electrons. The van der Waals surface area contributed by atoms with E-state index in [2.05, 4.69) is 6.92 Å². The van der Waals surface area contributed by atoms with Gasteiger partial charge in [0.25, 0.3) is 0 Å². The van der Waals surface area contributed by atoms with Crippen LogP contribution < -0.4 is 0 Å². The Balaban J connectivity index is 1.75. The SMILES string of the molecule is CCC[C@H]1CC[C@H]([C@H]2CC[C@H](CCC(F)(F)C(F)(F)C(F)(F)F)CC2)CC1. The van der Waals surface area contributed by atoms with Gasteiger partial charge in [-0.2, -0.15) is 30.7 Å². The Morgan fingerprint density at radius 1 is 0.630 bits per heavy atom. The minimum atomic E-state index is -6.22. The lowest BCUT2D eigenvalue weighted by Crippen LogP contribution is -2.52. The van der Waals surface area contributed by atoms with Gasteiger partial charge in [-0.05, 0) is 55.8 Å². The van der Waals surface area contributed by atoms with E-state index in [1.807, 2.05) is 0 Å². The molecule has 2 aliphatic carbocycles. The van der Waals surface area contributed by atoms with Crippen molar-refractivity contribution in [3.63, 3.8) is 0 Å². The largest absolute Gasteiger partial charge is 0.459 e. The molecule has 0 bridgehead atoms. The second kappa shape index (κ2) is 8.89. The molecule has 2 fully saturated rings. The van der Waals surface area contributed by atoms with Gasteiger partial charge < -0.3 is 0 Å². The number of alkyl halides is 7. The van der Waals surface area contributed by atoms with Crippen molar-refractivity contribution < 1.29 is 30.7 Å². The van der Waals surface area contributed by atoms with Gasteiger partial charge in [0.05, 0.1) is 0 Å². The number of rotatable bonds is 7. The van der Waals surface area contributed by atoms with Crippen molar-refractivity contribution in [1.29, 1.82) is 0 Å². The molecule has 0 saturated heterocycles. The molecule has 0 atom stereocenters. The summed E-state index contributed by atoms with van der Waals surface area (Å²) in [5.41, 5.74) is 0. The molecule has 2 saturated carbocycles. The Kier molecular flexibility index (Phi) is 7.51. The Labute approximate surface area is 157 Å². The number of hydrogen-bond acceptors (Lipinski definition) is 0. The van der Waals surface area contributed by atoms with Crippen LogP contribution in [0.2, 0.25) is 0 Å². The van der Waals surface area contributed by atoms with E-state index in [-0.39, 0.29) is 12.3 Å². The maximum absolute atomic E-state index is 13.4. The molecule has 0 heterocycles. The summed E-state index contributed by atoms with van der Waals surface area (Å²) in [5.74, 6) is -9.14. The maximum atomic E-state index is 13.4. The van der Waals surface area contributed by atoms with Gasteiger partial charge in [0.15, 0.2) is 0 Å². The highest BCUT2D eigenvalue weighted by molar-refractivity contribution is 4.92. The summed E-state index contributed by atoms with van der Waals surface area (Å²) in [6.07, 6.45) is 2.58. The predicted molar refractivity (Wildman–Crippen MR) is 91.0 cm³/mol. The molecule has 0 aliphatic heterocycles. The summed E-state index contributed by atoms with van der Waals surface area (Å²) in [4.78, 5) is 0. The molecule has 0 N–H and O–H groups in total. The minimum absolute atomic E-state index is 0.174. The van der Waals surface area contributed by atoms with E-state index in [1.54, 1.807) is 0 Å². The van der Waals surface area contributed by atoms with Crippen LogP contribution in [0.4, 0.5) is 30.7 Å². The fourth-order valence-electron chi connectivity index (χ4n) is 5.05. The van der Waals surface area contributed by atoms with E-state index >= 15 is 0 Å². The van der Waals surface area contributed by atoms with E-state index in [1.165, 1.54) is 38.5 Å². The zero-order valence-electron chi connectivity index (χ0n) is 15.9. The van der Waals surface area contributed by atoms with Crippen LogP contribution >= 0.6 is 0 Å². The summed E-state index contributed by atoms with van der Waals surface area (Å²) in [7, 11) is 0. The lowest BCUT2D eigenvalue weighted by molar-refractivity contribution is -0.356. The predicted octanol–water partition coefficient (Wildman–Crippen LogP) is 8.01. The second-order valence-electron chi connectivity index (χ2n) is 8.67. The molecule has 0 aromatic carbocycles. The Bertz CT molecular complexity index is 442. The first-order valence-electron chi connectivity index (χ1n) is 10.3. The minimum Gasteiger partial charge on any atom is -0.200 e. The van der Waals surface area contributed by atoms with E-state index in [0.29, 0.717) is 24.7 Å². The van der Waals surface area contributed by atoms with Gasteiger partial charge in [0, 0.05) is 6.42 Å². The smallest absolute Gasteiger partial charge is 0.200 e. The molecule has 2 rings (SSSR count). The summed E-state index contributed by atoms with van der Waals surface area (Å²) in [6.45, 7) is 2.20. The van der Waals surface area contributed by atoms with Crippen molar-refractivity contribution >= 4 is 0 Å². The fraction of sp³-hybridized carbons (Fsp3) is 1.00.